The van der Waals surface area contributed by atoms with Gasteiger partial charge in [-0.05, 0) is 55.2 Å². The Morgan fingerprint density at radius 1 is 1.30 bits per heavy atom. The summed E-state index contributed by atoms with van der Waals surface area (Å²) in [6.45, 7) is 6.18. The molecule has 3 N–H and O–H groups in total. The molecule has 1 unspecified atom stereocenters. The van der Waals surface area contributed by atoms with Crippen LogP contribution < -0.4 is 10.1 Å². The van der Waals surface area contributed by atoms with Crippen molar-refractivity contribution >= 4 is 16.9 Å². The van der Waals surface area contributed by atoms with E-state index in [1.807, 2.05) is 18.3 Å². The predicted octanol–water partition coefficient (Wildman–Crippen LogP) is 3.88. The van der Waals surface area contributed by atoms with E-state index < -0.39 is 5.97 Å². The minimum Gasteiger partial charge on any atom is -0.496 e. The molecule has 1 aromatic heterocycles. The van der Waals surface area contributed by atoms with Gasteiger partial charge in [0.05, 0.1) is 24.9 Å². The van der Waals surface area contributed by atoms with Crippen molar-refractivity contribution in [2.75, 3.05) is 33.4 Å². The number of carboxylic acid groups (broad SMARTS) is 1. The molecule has 3 heterocycles. The Balaban J connectivity index is 1.51. The lowest BCUT2D eigenvalue weighted by atomic mass is 9.82. The first-order valence-corrected chi connectivity index (χ1v) is 11.6. The average Bonchev–Trinajstić information content (AvgIpc) is 3.33. The number of nitrogens with zero attached hydrogens (tertiary/aromatic N) is 1. The highest BCUT2D eigenvalue weighted by Gasteiger charge is 2.42. The summed E-state index contributed by atoms with van der Waals surface area (Å²) in [5, 5.41) is 14.0. The third-order valence-electron chi connectivity index (χ3n) is 7.23. The number of likely N-dealkylation sites (tertiary alicyclic amines) is 1. The van der Waals surface area contributed by atoms with Crippen LogP contribution in [0.4, 0.5) is 0 Å². The molecule has 1 spiro atoms. The van der Waals surface area contributed by atoms with Crippen molar-refractivity contribution in [2.24, 2.45) is 0 Å². The molecule has 5 rings (SSSR count). The number of carbonyl (C=O) groups is 1. The minimum absolute atomic E-state index is 0.112. The Kier molecular flexibility index (Phi) is 5.86. The van der Waals surface area contributed by atoms with Crippen LogP contribution in [-0.2, 0) is 11.3 Å². The molecule has 0 bridgehead atoms. The van der Waals surface area contributed by atoms with Crippen molar-refractivity contribution in [1.29, 1.82) is 0 Å². The summed E-state index contributed by atoms with van der Waals surface area (Å²) in [5.41, 5.74) is 4.71. The largest absolute Gasteiger partial charge is 0.496 e. The zero-order chi connectivity index (χ0) is 23.0. The molecule has 174 valence electrons. The molecule has 0 radical (unpaired) electrons. The van der Waals surface area contributed by atoms with Crippen LogP contribution in [0.15, 0.2) is 42.6 Å². The number of H-pyrrole nitrogens is 1. The number of ether oxygens (including phenoxy) is 2. The number of aromatic carboxylic acids is 1. The van der Waals surface area contributed by atoms with E-state index in [-0.39, 0.29) is 11.6 Å². The lowest BCUT2D eigenvalue weighted by molar-refractivity contribution is -0.117. The monoisotopic (exact) mass is 449 g/mol. The van der Waals surface area contributed by atoms with E-state index in [0.717, 1.165) is 68.0 Å². The van der Waals surface area contributed by atoms with Crippen molar-refractivity contribution in [1.82, 2.24) is 15.2 Å². The second kappa shape index (κ2) is 8.82. The second-order valence-electron chi connectivity index (χ2n) is 9.22. The van der Waals surface area contributed by atoms with Crippen molar-refractivity contribution in [3.8, 4) is 5.75 Å². The molecule has 2 atom stereocenters. The Morgan fingerprint density at radius 2 is 2.12 bits per heavy atom. The summed E-state index contributed by atoms with van der Waals surface area (Å²) < 4.78 is 12.1. The molecular formula is C26H31N3O4. The van der Waals surface area contributed by atoms with Gasteiger partial charge in [0.25, 0.3) is 0 Å². The second-order valence-corrected chi connectivity index (χ2v) is 9.22. The van der Waals surface area contributed by atoms with Crippen LogP contribution in [0.5, 0.6) is 5.75 Å². The molecule has 3 aromatic rings. The molecule has 0 amide bonds. The van der Waals surface area contributed by atoms with Crippen molar-refractivity contribution in [3.05, 3.63) is 64.8 Å². The van der Waals surface area contributed by atoms with Gasteiger partial charge >= 0.3 is 5.97 Å². The van der Waals surface area contributed by atoms with Crippen LogP contribution in [0.25, 0.3) is 10.9 Å². The first-order chi connectivity index (χ1) is 16.0. The fourth-order valence-electron chi connectivity index (χ4n) is 5.44. The highest BCUT2D eigenvalue weighted by molar-refractivity contribution is 5.88. The van der Waals surface area contributed by atoms with Crippen LogP contribution in [0.1, 0.15) is 45.9 Å². The van der Waals surface area contributed by atoms with Gasteiger partial charge in [-0.25, -0.2) is 4.79 Å². The molecule has 7 nitrogen and oxygen atoms in total. The Labute approximate surface area is 193 Å². The number of morpholine rings is 1. The van der Waals surface area contributed by atoms with Crippen molar-refractivity contribution < 1.29 is 19.4 Å². The Bertz CT molecular complexity index is 1150. The normalized spacial score (nSPS) is 23.8. The maximum absolute atomic E-state index is 11.4. The van der Waals surface area contributed by atoms with Gasteiger partial charge < -0.3 is 24.9 Å². The first kappa shape index (κ1) is 21.9. The van der Waals surface area contributed by atoms with Crippen LogP contribution in [-0.4, -0.2) is 59.9 Å². The third kappa shape index (κ3) is 4.12. The number of benzene rings is 2. The Hall–Kier alpha value is -2.87. The van der Waals surface area contributed by atoms with E-state index in [2.05, 4.69) is 34.3 Å². The van der Waals surface area contributed by atoms with Gasteiger partial charge in [0.15, 0.2) is 0 Å². The minimum atomic E-state index is -0.905. The number of aromatic amines is 1. The van der Waals surface area contributed by atoms with E-state index in [1.54, 1.807) is 19.2 Å². The number of rotatable bonds is 5. The zero-order valence-electron chi connectivity index (χ0n) is 19.2. The van der Waals surface area contributed by atoms with Gasteiger partial charge in [-0.15, -0.1) is 0 Å². The van der Waals surface area contributed by atoms with Gasteiger partial charge in [0, 0.05) is 54.9 Å². The van der Waals surface area contributed by atoms with E-state index in [0.29, 0.717) is 5.56 Å². The van der Waals surface area contributed by atoms with Gasteiger partial charge in [-0.1, -0.05) is 12.1 Å². The number of nitrogens with one attached hydrogen (secondary N) is 2. The number of aryl methyl sites for hydroxylation is 1. The molecule has 0 aliphatic carbocycles. The summed E-state index contributed by atoms with van der Waals surface area (Å²) in [7, 11) is 1.73. The summed E-state index contributed by atoms with van der Waals surface area (Å²) in [4.78, 5) is 17.2. The third-order valence-corrected chi connectivity index (χ3v) is 7.23. The maximum atomic E-state index is 11.4. The van der Waals surface area contributed by atoms with Crippen LogP contribution in [0, 0.1) is 6.92 Å². The fourth-order valence-corrected chi connectivity index (χ4v) is 5.44. The van der Waals surface area contributed by atoms with Crippen LogP contribution in [0.3, 0.4) is 0 Å². The van der Waals surface area contributed by atoms with E-state index in [1.165, 1.54) is 10.9 Å². The number of piperidine rings is 1. The van der Waals surface area contributed by atoms with Crippen LogP contribution >= 0.6 is 0 Å². The molecule has 2 aliphatic rings. The number of fused-ring (bicyclic) bond motifs is 1. The van der Waals surface area contributed by atoms with E-state index >= 15 is 0 Å². The van der Waals surface area contributed by atoms with Gasteiger partial charge in [0.1, 0.15) is 5.75 Å². The topological polar surface area (TPSA) is 86.8 Å². The highest BCUT2D eigenvalue weighted by Crippen LogP contribution is 2.42. The maximum Gasteiger partial charge on any atom is 0.335 e. The zero-order valence-corrected chi connectivity index (χ0v) is 19.2. The number of hydrogen-bond acceptors (Lipinski definition) is 5. The fraction of sp³-hybridized carbons (Fsp3) is 0.423. The van der Waals surface area contributed by atoms with Crippen molar-refractivity contribution in [3.63, 3.8) is 0 Å². The lowest BCUT2D eigenvalue weighted by Gasteiger charge is -2.48. The van der Waals surface area contributed by atoms with Crippen molar-refractivity contribution in [2.45, 2.75) is 38.0 Å². The molecule has 2 aromatic carbocycles. The van der Waals surface area contributed by atoms with Gasteiger partial charge in [0.2, 0.25) is 0 Å². The SMILES string of the molecule is COc1cc(C)c2[nH]ccc2c1CN1CCC2(CNCCO2)C[C@H]1c1ccc(C(=O)O)cc1. The van der Waals surface area contributed by atoms with Crippen LogP contribution in [0.2, 0.25) is 0 Å². The standard InChI is InChI=1S/C26H31N3O4/c1-17-13-23(32-2)21(20-7-9-28-24(17)20)15-29-11-8-26(16-27-10-12-33-26)14-22(29)18-3-5-19(6-4-18)25(30)31/h3-7,9,13,22,27-28H,8,10-12,14-16H2,1-2H3,(H,30,31)/t22-,26?/m0/s1. The first-order valence-electron chi connectivity index (χ1n) is 11.6. The predicted molar refractivity (Wildman–Crippen MR) is 127 cm³/mol. The molecular weight excluding hydrogens is 418 g/mol. The average molecular weight is 450 g/mol. The molecule has 2 fully saturated rings. The summed E-state index contributed by atoms with van der Waals surface area (Å²) >= 11 is 0. The van der Waals surface area contributed by atoms with E-state index in [4.69, 9.17) is 9.47 Å². The number of aromatic nitrogens is 1. The highest BCUT2D eigenvalue weighted by atomic mass is 16.5. The molecule has 2 saturated heterocycles. The number of methoxy groups -OCH3 is 1. The Morgan fingerprint density at radius 3 is 2.82 bits per heavy atom. The molecule has 7 heteroatoms. The molecule has 0 saturated carbocycles. The molecule has 2 aliphatic heterocycles. The lowest BCUT2D eigenvalue weighted by Crippen LogP contribution is -2.56. The number of hydrogen-bond donors (Lipinski definition) is 3. The van der Waals surface area contributed by atoms with Gasteiger partial charge in [-0.2, -0.15) is 0 Å². The molecule has 33 heavy (non-hydrogen) atoms. The summed E-state index contributed by atoms with van der Waals surface area (Å²) in [6, 6.07) is 11.6. The quantitative estimate of drug-likeness (QED) is 0.548. The summed E-state index contributed by atoms with van der Waals surface area (Å²) in [6.07, 6.45) is 3.79. The summed E-state index contributed by atoms with van der Waals surface area (Å²) in [5.74, 6) is -0.00646. The van der Waals surface area contributed by atoms with E-state index in [9.17, 15) is 9.90 Å². The smallest absolute Gasteiger partial charge is 0.335 e. The van der Waals surface area contributed by atoms with Gasteiger partial charge in [-0.3, -0.25) is 4.90 Å². The number of carboxylic acids is 1.